The lowest BCUT2D eigenvalue weighted by atomic mass is 9.78. The molecule has 176 valence electrons. The van der Waals surface area contributed by atoms with E-state index in [0.717, 1.165) is 37.9 Å². The number of pyridine rings is 1. The van der Waals surface area contributed by atoms with Crippen molar-refractivity contribution < 1.29 is 27.5 Å². The van der Waals surface area contributed by atoms with Crippen LogP contribution in [0.15, 0.2) is 12.3 Å². The monoisotopic (exact) mass is 453 g/mol. The minimum absolute atomic E-state index is 0.00319. The number of rotatable bonds is 2. The van der Waals surface area contributed by atoms with Crippen molar-refractivity contribution in [2.24, 2.45) is 11.3 Å². The van der Waals surface area contributed by atoms with Gasteiger partial charge in [0.2, 0.25) is 5.91 Å². The molecular weight excluding hydrogens is 423 g/mol. The summed E-state index contributed by atoms with van der Waals surface area (Å²) in [6.07, 6.45) is 0.230. The van der Waals surface area contributed by atoms with E-state index in [1.807, 2.05) is 0 Å². The van der Waals surface area contributed by atoms with Gasteiger partial charge in [0.25, 0.3) is 0 Å². The van der Waals surface area contributed by atoms with Crippen molar-refractivity contribution in [1.29, 1.82) is 0 Å². The average Bonchev–Trinajstić information content (AvgIpc) is 3.22. The van der Waals surface area contributed by atoms with Gasteiger partial charge < -0.3 is 15.0 Å². The van der Waals surface area contributed by atoms with Crippen LogP contribution in [0.4, 0.5) is 18.0 Å². The SMILES string of the molecule is CC(C)(C)OC(=O)N[C@@H]1C[C@H]2CCC[C@@]2(C(=O)N2CCc3ncc(C(F)(F)F)cc3C2)C1. The van der Waals surface area contributed by atoms with Crippen molar-refractivity contribution in [2.45, 2.75) is 83.7 Å². The Labute approximate surface area is 185 Å². The lowest BCUT2D eigenvalue weighted by molar-refractivity contribution is -0.144. The van der Waals surface area contributed by atoms with E-state index >= 15 is 0 Å². The Kier molecular flexibility index (Phi) is 5.66. The summed E-state index contributed by atoms with van der Waals surface area (Å²) in [5, 5.41) is 2.92. The Bertz CT molecular complexity index is 912. The second kappa shape index (κ2) is 7.92. The highest BCUT2D eigenvalue weighted by molar-refractivity contribution is 5.84. The van der Waals surface area contributed by atoms with Gasteiger partial charge in [-0.3, -0.25) is 9.78 Å². The number of carbonyl (C=O) groups is 2. The van der Waals surface area contributed by atoms with Gasteiger partial charge in [0.1, 0.15) is 5.60 Å². The predicted molar refractivity (Wildman–Crippen MR) is 111 cm³/mol. The van der Waals surface area contributed by atoms with E-state index in [4.69, 9.17) is 4.74 Å². The number of fused-ring (bicyclic) bond motifs is 2. The van der Waals surface area contributed by atoms with Crippen LogP contribution in [0.25, 0.3) is 0 Å². The number of carbonyl (C=O) groups excluding carboxylic acids is 2. The second-order valence-electron chi connectivity index (χ2n) is 10.3. The first-order valence-electron chi connectivity index (χ1n) is 11.2. The summed E-state index contributed by atoms with van der Waals surface area (Å²) in [6, 6.07) is 0.974. The Morgan fingerprint density at radius 3 is 2.72 bits per heavy atom. The van der Waals surface area contributed by atoms with Crippen LogP contribution in [-0.4, -0.2) is 40.1 Å². The molecule has 3 atom stereocenters. The lowest BCUT2D eigenvalue weighted by Gasteiger charge is -2.37. The molecule has 0 saturated heterocycles. The molecule has 32 heavy (non-hydrogen) atoms. The summed E-state index contributed by atoms with van der Waals surface area (Å²) in [6.45, 7) is 5.99. The Morgan fingerprint density at radius 1 is 1.28 bits per heavy atom. The van der Waals surface area contributed by atoms with E-state index in [0.29, 0.717) is 30.6 Å². The lowest BCUT2D eigenvalue weighted by Crippen LogP contribution is -2.47. The zero-order valence-electron chi connectivity index (χ0n) is 18.7. The van der Waals surface area contributed by atoms with Crippen molar-refractivity contribution in [2.75, 3.05) is 6.54 Å². The van der Waals surface area contributed by atoms with Gasteiger partial charge in [-0.25, -0.2) is 4.79 Å². The molecule has 0 bridgehead atoms. The summed E-state index contributed by atoms with van der Waals surface area (Å²) < 4.78 is 44.7. The van der Waals surface area contributed by atoms with E-state index in [2.05, 4.69) is 10.3 Å². The number of nitrogens with zero attached hydrogens (tertiary/aromatic N) is 2. The van der Waals surface area contributed by atoms with Crippen molar-refractivity contribution in [3.63, 3.8) is 0 Å². The number of alkyl carbamates (subject to hydrolysis) is 1. The topological polar surface area (TPSA) is 71.5 Å². The quantitative estimate of drug-likeness (QED) is 0.718. The summed E-state index contributed by atoms with van der Waals surface area (Å²) in [5.74, 6) is 0.160. The third-order valence-corrected chi connectivity index (χ3v) is 6.94. The van der Waals surface area contributed by atoms with Crippen LogP contribution in [0.2, 0.25) is 0 Å². The van der Waals surface area contributed by atoms with Gasteiger partial charge in [-0.15, -0.1) is 0 Å². The molecule has 1 aromatic rings. The summed E-state index contributed by atoms with van der Waals surface area (Å²) in [7, 11) is 0. The zero-order valence-corrected chi connectivity index (χ0v) is 18.7. The Balaban J connectivity index is 1.48. The molecule has 6 nitrogen and oxygen atoms in total. The number of nitrogens with one attached hydrogen (secondary N) is 1. The maximum Gasteiger partial charge on any atom is 0.417 e. The van der Waals surface area contributed by atoms with Crippen molar-refractivity contribution >= 4 is 12.0 Å². The molecule has 0 aromatic carbocycles. The molecule has 1 N–H and O–H groups in total. The number of amides is 2. The van der Waals surface area contributed by atoms with E-state index in [1.54, 1.807) is 25.7 Å². The number of halogens is 3. The average molecular weight is 454 g/mol. The number of hydrogen-bond acceptors (Lipinski definition) is 4. The largest absolute Gasteiger partial charge is 0.444 e. The fourth-order valence-electron chi connectivity index (χ4n) is 5.65. The smallest absolute Gasteiger partial charge is 0.417 e. The molecule has 2 aliphatic carbocycles. The molecule has 4 rings (SSSR count). The predicted octanol–water partition coefficient (Wildman–Crippen LogP) is 4.46. The maximum absolute atomic E-state index is 13.7. The molecule has 9 heteroatoms. The van der Waals surface area contributed by atoms with Gasteiger partial charge in [-0.1, -0.05) is 6.42 Å². The summed E-state index contributed by atoms with van der Waals surface area (Å²) >= 11 is 0. The van der Waals surface area contributed by atoms with Crippen LogP contribution in [-0.2, 0) is 28.7 Å². The minimum Gasteiger partial charge on any atom is -0.444 e. The number of alkyl halides is 3. The molecule has 2 fully saturated rings. The summed E-state index contributed by atoms with van der Waals surface area (Å²) in [5.41, 5.74) is -0.863. The van der Waals surface area contributed by atoms with Gasteiger partial charge in [0, 0.05) is 37.4 Å². The van der Waals surface area contributed by atoms with E-state index < -0.39 is 28.8 Å². The van der Waals surface area contributed by atoms with Crippen molar-refractivity contribution in [3.05, 3.63) is 29.1 Å². The third kappa shape index (κ3) is 4.43. The van der Waals surface area contributed by atoms with Gasteiger partial charge in [0.15, 0.2) is 0 Å². The normalized spacial score (nSPS) is 27.6. The third-order valence-electron chi connectivity index (χ3n) is 6.94. The molecular formula is C23H30F3N3O3. The highest BCUT2D eigenvalue weighted by Crippen LogP contribution is 2.55. The van der Waals surface area contributed by atoms with Crippen molar-refractivity contribution in [3.8, 4) is 0 Å². The molecule has 2 saturated carbocycles. The van der Waals surface area contributed by atoms with E-state index in [1.165, 1.54) is 0 Å². The van der Waals surface area contributed by atoms with Crippen LogP contribution < -0.4 is 5.32 Å². The van der Waals surface area contributed by atoms with Crippen molar-refractivity contribution in [1.82, 2.24) is 15.2 Å². The standard InChI is InChI=1S/C23H30F3N3O3/c1-21(2,3)32-20(31)28-17-10-15-5-4-7-22(15,11-17)19(30)29-8-6-18-14(13-29)9-16(12-27-18)23(24,25)26/h9,12,15,17H,4-8,10-11,13H2,1-3H3,(H,28,31)/t15-,17-,22-/m1/s1. The van der Waals surface area contributed by atoms with Gasteiger partial charge >= 0.3 is 12.3 Å². The van der Waals surface area contributed by atoms with E-state index in [-0.39, 0.29) is 24.4 Å². The number of hydrogen-bond donors (Lipinski definition) is 1. The first kappa shape index (κ1) is 22.9. The fourth-order valence-corrected chi connectivity index (χ4v) is 5.65. The van der Waals surface area contributed by atoms with Crippen LogP contribution in [0, 0.1) is 11.3 Å². The Hall–Kier alpha value is -2.32. The second-order valence-corrected chi connectivity index (χ2v) is 10.3. The molecule has 2 amide bonds. The molecule has 1 aromatic heterocycles. The molecule has 0 radical (unpaired) electrons. The highest BCUT2D eigenvalue weighted by Gasteiger charge is 2.56. The number of ether oxygens (including phenoxy) is 1. The molecule has 2 heterocycles. The van der Waals surface area contributed by atoms with Crippen LogP contribution in [0.3, 0.4) is 0 Å². The summed E-state index contributed by atoms with van der Waals surface area (Å²) in [4.78, 5) is 31.6. The van der Waals surface area contributed by atoms with Crippen LogP contribution >= 0.6 is 0 Å². The van der Waals surface area contributed by atoms with Crippen LogP contribution in [0.5, 0.6) is 0 Å². The molecule has 0 spiro atoms. The minimum atomic E-state index is -4.46. The fraction of sp³-hybridized carbons (Fsp3) is 0.696. The van der Waals surface area contributed by atoms with Gasteiger partial charge in [-0.05, 0) is 64.0 Å². The maximum atomic E-state index is 13.7. The number of aromatic nitrogens is 1. The molecule has 0 unspecified atom stereocenters. The van der Waals surface area contributed by atoms with Gasteiger partial charge in [-0.2, -0.15) is 13.2 Å². The highest BCUT2D eigenvalue weighted by atomic mass is 19.4. The molecule has 1 aliphatic heterocycles. The van der Waals surface area contributed by atoms with Gasteiger partial charge in [0.05, 0.1) is 11.0 Å². The van der Waals surface area contributed by atoms with Crippen LogP contribution in [0.1, 0.15) is 69.7 Å². The van der Waals surface area contributed by atoms with E-state index in [9.17, 15) is 22.8 Å². The zero-order chi connectivity index (χ0) is 23.3. The Morgan fingerprint density at radius 2 is 2.03 bits per heavy atom. The first-order chi connectivity index (χ1) is 14.9. The first-order valence-corrected chi connectivity index (χ1v) is 11.2. The molecule has 3 aliphatic rings.